The molecule has 0 aromatic heterocycles. The highest BCUT2D eigenvalue weighted by Gasteiger charge is 2.15. The molecule has 0 radical (unpaired) electrons. The quantitative estimate of drug-likeness (QED) is 0.259. The van der Waals surface area contributed by atoms with E-state index in [1.807, 2.05) is 0 Å². The summed E-state index contributed by atoms with van der Waals surface area (Å²) in [7, 11) is 1.49. The van der Waals surface area contributed by atoms with Crippen molar-refractivity contribution in [2.45, 2.75) is 11.3 Å². The Labute approximate surface area is 103 Å². The van der Waals surface area contributed by atoms with Gasteiger partial charge in [-0.05, 0) is 24.3 Å². The third kappa shape index (κ3) is 3.57. The molecule has 0 saturated heterocycles. The highest BCUT2D eigenvalue weighted by atomic mass is 35.5. The van der Waals surface area contributed by atoms with E-state index < -0.39 is 4.92 Å². The van der Waals surface area contributed by atoms with E-state index in [0.717, 1.165) is 12.2 Å². The number of benzene rings is 1. The van der Waals surface area contributed by atoms with Gasteiger partial charge in [0.15, 0.2) is 0 Å². The number of halogens is 1. The van der Waals surface area contributed by atoms with Gasteiger partial charge in [0.2, 0.25) is 0 Å². The second-order valence-electron chi connectivity index (χ2n) is 2.98. The number of ether oxygens (including phenoxy) is 1. The molecule has 0 saturated carbocycles. The molecular formula is C10H12ClNO3S. The fourth-order valence-corrected chi connectivity index (χ4v) is 2.37. The van der Waals surface area contributed by atoms with E-state index in [0.29, 0.717) is 16.5 Å². The summed E-state index contributed by atoms with van der Waals surface area (Å²) < 4.78 is 4.95. The number of thioether (sulfide) groups is 1. The number of nitrogens with zero attached hydrogens (tertiary/aromatic N) is 1. The molecule has 0 N–H and O–H groups in total. The summed E-state index contributed by atoms with van der Waals surface area (Å²) in [5, 5.41) is 10.8. The number of alkyl halides is 1. The standard InChI is InChI=1S/C10H12ClNO3S/c1-15-8-3-4-10(16-6-2-5-11)9(7-8)12(13)14/h3-4,7H,2,5-6H2,1H3. The van der Waals surface area contributed by atoms with E-state index in [2.05, 4.69) is 0 Å². The Bertz CT molecular complexity index is 373. The van der Waals surface area contributed by atoms with Crippen molar-refractivity contribution in [3.8, 4) is 5.75 Å². The maximum Gasteiger partial charge on any atom is 0.286 e. The van der Waals surface area contributed by atoms with Crippen molar-refractivity contribution >= 4 is 29.1 Å². The predicted molar refractivity (Wildman–Crippen MR) is 65.7 cm³/mol. The van der Waals surface area contributed by atoms with Crippen LogP contribution in [0.1, 0.15) is 6.42 Å². The molecular weight excluding hydrogens is 250 g/mol. The molecule has 0 aliphatic heterocycles. The zero-order valence-electron chi connectivity index (χ0n) is 8.81. The lowest BCUT2D eigenvalue weighted by atomic mass is 10.3. The molecule has 0 amide bonds. The van der Waals surface area contributed by atoms with Crippen molar-refractivity contribution in [3.63, 3.8) is 0 Å². The lowest BCUT2D eigenvalue weighted by molar-refractivity contribution is -0.387. The Morgan fingerprint density at radius 1 is 1.56 bits per heavy atom. The smallest absolute Gasteiger partial charge is 0.286 e. The molecule has 0 heterocycles. The van der Waals surface area contributed by atoms with Gasteiger partial charge in [0.25, 0.3) is 5.69 Å². The van der Waals surface area contributed by atoms with Gasteiger partial charge in [-0.2, -0.15) is 0 Å². The van der Waals surface area contributed by atoms with Crippen LogP contribution in [0.3, 0.4) is 0 Å². The fourth-order valence-electron chi connectivity index (χ4n) is 1.13. The Morgan fingerprint density at radius 3 is 2.88 bits per heavy atom. The van der Waals surface area contributed by atoms with E-state index in [-0.39, 0.29) is 5.69 Å². The van der Waals surface area contributed by atoms with Crippen LogP contribution in [0.2, 0.25) is 0 Å². The third-order valence-electron chi connectivity index (χ3n) is 1.90. The minimum atomic E-state index is -0.397. The molecule has 1 aromatic carbocycles. The number of rotatable bonds is 6. The molecule has 4 nitrogen and oxygen atoms in total. The first-order valence-electron chi connectivity index (χ1n) is 4.70. The van der Waals surface area contributed by atoms with Crippen molar-refractivity contribution in [1.29, 1.82) is 0 Å². The van der Waals surface area contributed by atoms with Crippen LogP contribution in [0.15, 0.2) is 23.1 Å². The van der Waals surface area contributed by atoms with Gasteiger partial charge in [0.1, 0.15) is 5.75 Å². The average Bonchev–Trinajstić information content (AvgIpc) is 2.29. The summed E-state index contributed by atoms with van der Waals surface area (Å²) in [4.78, 5) is 11.1. The number of hydrogen-bond acceptors (Lipinski definition) is 4. The lowest BCUT2D eigenvalue weighted by Crippen LogP contribution is -1.93. The zero-order valence-corrected chi connectivity index (χ0v) is 10.4. The van der Waals surface area contributed by atoms with Crippen molar-refractivity contribution < 1.29 is 9.66 Å². The van der Waals surface area contributed by atoms with Gasteiger partial charge < -0.3 is 4.74 Å². The van der Waals surface area contributed by atoms with E-state index >= 15 is 0 Å². The van der Waals surface area contributed by atoms with Gasteiger partial charge in [0, 0.05) is 5.88 Å². The van der Waals surface area contributed by atoms with Crippen molar-refractivity contribution in [3.05, 3.63) is 28.3 Å². The Balaban J connectivity index is 2.85. The van der Waals surface area contributed by atoms with E-state index in [1.165, 1.54) is 24.9 Å². The zero-order chi connectivity index (χ0) is 12.0. The molecule has 6 heteroatoms. The largest absolute Gasteiger partial charge is 0.497 e. The normalized spacial score (nSPS) is 10.1. The Morgan fingerprint density at radius 2 is 2.31 bits per heavy atom. The first kappa shape index (κ1) is 13.1. The molecule has 1 aromatic rings. The lowest BCUT2D eigenvalue weighted by Gasteiger charge is -2.04. The number of methoxy groups -OCH3 is 1. The van der Waals surface area contributed by atoms with Gasteiger partial charge in [-0.25, -0.2) is 0 Å². The number of hydrogen-bond donors (Lipinski definition) is 0. The SMILES string of the molecule is COc1ccc(SCCCCl)c([N+](=O)[O-])c1. The van der Waals surface area contributed by atoms with Crippen molar-refractivity contribution in [2.75, 3.05) is 18.7 Å². The summed E-state index contributed by atoms with van der Waals surface area (Å²) >= 11 is 6.99. The highest BCUT2D eigenvalue weighted by molar-refractivity contribution is 7.99. The van der Waals surface area contributed by atoms with Crippen LogP contribution in [0.5, 0.6) is 5.75 Å². The number of nitro groups is 1. The van der Waals surface area contributed by atoms with Crippen LogP contribution < -0.4 is 4.74 Å². The maximum atomic E-state index is 10.8. The van der Waals surface area contributed by atoms with Crippen LogP contribution in [0.25, 0.3) is 0 Å². The molecule has 16 heavy (non-hydrogen) atoms. The van der Waals surface area contributed by atoms with Gasteiger partial charge in [-0.15, -0.1) is 23.4 Å². The summed E-state index contributed by atoms with van der Waals surface area (Å²) in [6, 6.07) is 4.86. The highest BCUT2D eigenvalue weighted by Crippen LogP contribution is 2.32. The molecule has 0 atom stereocenters. The van der Waals surface area contributed by atoms with Crippen molar-refractivity contribution in [2.24, 2.45) is 0 Å². The molecule has 0 unspecified atom stereocenters. The molecule has 0 fully saturated rings. The average molecular weight is 262 g/mol. The first-order chi connectivity index (χ1) is 7.69. The monoisotopic (exact) mass is 261 g/mol. The molecule has 0 spiro atoms. The Kier molecular flexibility index (Phi) is 5.42. The van der Waals surface area contributed by atoms with Gasteiger partial charge in [0.05, 0.1) is 23.0 Å². The molecule has 0 aliphatic carbocycles. The van der Waals surface area contributed by atoms with Crippen LogP contribution in [-0.2, 0) is 0 Å². The summed E-state index contributed by atoms with van der Waals surface area (Å²) in [6.45, 7) is 0. The van der Waals surface area contributed by atoms with Gasteiger partial charge in [-0.1, -0.05) is 0 Å². The summed E-state index contributed by atoms with van der Waals surface area (Å²) in [5.74, 6) is 1.83. The molecule has 0 aliphatic rings. The van der Waals surface area contributed by atoms with Crippen LogP contribution in [0, 0.1) is 10.1 Å². The molecule has 1 rings (SSSR count). The third-order valence-corrected chi connectivity index (χ3v) is 3.31. The topological polar surface area (TPSA) is 52.4 Å². The van der Waals surface area contributed by atoms with Crippen LogP contribution >= 0.6 is 23.4 Å². The summed E-state index contributed by atoms with van der Waals surface area (Å²) in [5.41, 5.74) is 0.0823. The first-order valence-corrected chi connectivity index (χ1v) is 6.22. The maximum absolute atomic E-state index is 10.8. The molecule has 0 bridgehead atoms. The minimum Gasteiger partial charge on any atom is -0.497 e. The van der Waals surface area contributed by atoms with Crippen molar-refractivity contribution in [1.82, 2.24) is 0 Å². The van der Waals surface area contributed by atoms with E-state index in [4.69, 9.17) is 16.3 Å². The van der Waals surface area contributed by atoms with E-state index in [1.54, 1.807) is 12.1 Å². The second-order valence-corrected chi connectivity index (χ2v) is 4.50. The Hall–Kier alpha value is -0.940. The molecule has 88 valence electrons. The number of nitro benzene ring substituents is 1. The van der Waals surface area contributed by atoms with Gasteiger partial charge in [-0.3, -0.25) is 10.1 Å². The summed E-state index contributed by atoms with van der Waals surface area (Å²) in [6.07, 6.45) is 0.829. The van der Waals surface area contributed by atoms with Gasteiger partial charge >= 0.3 is 0 Å². The van der Waals surface area contributed by atoms with E-state index in [9.17, 15) is 10.1 Å². The second kappa shape index (κ2) is 6.60. The fraction of sp³-hybridized carbons (Fsp3) is 0.400. The predicted octanol–water partition coefficient (Wildman–Crippen LogP) is 3.32. The minimum absolute atomic E-state index is 0.0823. The van der Waals surface area contributed by atoms with Crippen LogP contribution in [0.4, 0.5) is 5.69 Å². The van der Waals surface area contributed by atoms with Crippen LogP contribution in [-0.4, -0.2) is 23.7 Å².